The van der Waals surface area contributed by atoms with Crippen molar-refractivity contribution in [2.45, 2.75) is 6.04 Å². The number of nitrogens with zero attached hydrogens (tertiary/aromatic N) is 2. The molecule has 8 heteroatoms. The van der Waals surface area contributed by atoms with Gasteiger partial charge in [-0.25, -0.2) is 0 Å². The molecule has 2 saturated heterocycles. The molecule has 2 aliphatic rings. The van der Waals surface area contributed by atoms with Gasteiger partial charge in [-0.05, 0) is 28.1 Å². The van der Waals surface area contributed by atoms with Crippen molar-refractivity contribution in [3.63, 3.8) is 0 Å². The maximum Gasteiger partial charge on any atom is 0.289 e. The molecule has 0 spiro atoms. The Morgan fingerprint density at radius 1 is 1.37 bits per heavy atom. The molecule has 2 fully saturated rings. The molecule has 1 aromatic rings. The molecule has 2 aliphatic heterocycles. The Morgan fingerprint density at radius 2 is 2.11 bits per heavy atom. The summed E-state index contributed by atoms with van der Waals surface area (Å²) in [6.07, 6.45) is 0. The lowest BCUT2D eigenvalue weighted by atomic mass is 10.1. The lowest BCUT2D eigenvalue weighted by molar-refractivity contribution is -0.128. The SMILES string of the molecule is O=C(c1ccc(Br)o1)N1CC(N2C(=O)CSC2=O)C1. The van der Waals surface area contributed by atoms with Crippen molar-refractivity contribution in [2.75, 3.05) is 18.8 Å². The third-order valence-corrected chi connectivity index (χ3v) is 4.34. The van der Waals surface area contributed by atoms with Crippen LogP contribution in [-0.4, -0.2) is 51.7 Å². The molecule has 3 rings (SSSR count). The summed E-state index contributed by atoms with van der Waals surface area (Å²) in [4.78, 5) is 37.8. The van der Waals surface area contributed by atoms with E-state index < -0.39 is 0 Å². The Kier molecular flexibility index (Phi) is 3.14. The molecule has 100 valence electrons. The zero-order chi connectivity index (χ0) is 13.6. The Bertz CT molecular complexity index is 551. The second kappa shape index (κ2) is 4.68. The number of halogens is 1. The number of carbonyl (C=O) groups is 3. The summed E-state index contributed by atoms with van der Waals surface area (Å²) in [5.41, 5.74) is 0. The number of hydrogen-bond donors (Lipinski definition) is 0. The van der Waals surface area contributed by atoms with Gasteiger partial charge in [-0.15, -0.1) is 0 Å². The van der Waals surface area contributed by atoms with Crippen molar-refractivity contribution in [3.8, 4) is 0 Å². The minimum atomic E-state index is -0.228. The number of hydrogen-bond acceptors (Lipinski definition) is 5. The van der Waals surface area contributed by atoms with Crippen LogP contribution in [0.3, 0.4) is 0 Å². The second-order valence-electron chi connectivity index (χ2n) is 4.29. The molecule has 1 aromatic heterocycles. The zero-order valence-corrected chi connectivity index (χ0v) is 12.1. The maximum absolute atomic E-state index is 12.0. The predicted molar refractivity (Wildman–Crippen MR) is 70.8 cm³/mol. The van der Waals surface area contributed by atoms with Gasteiger partial charge in [-0.1, -0.05) is 11.8 Å². The van der Waals surface area contributed by atoms with Crippen molar-refractivity contribution in [3.05, 3.63) is 22.6 Å². The molecule has 6 nitrogen and oxygen atoms in total. The molecule has 0 aromatic carbocycles. The van der Waals surface area contributed by atoms with E-state index in [0.29, 0.717) is 17.8 Å². The number of furan rings is 1. The first-order chi connectivity index (χ1) is 9.06. The first kappa shape index (κ1) is 12.7. The number of likely N-dealkylation sites (tertiary alicyclic amines) is 1. The van der Waals surface area contributed by atoms with Crippen LogP contribution in [0.5, 0.6) is 0 Å². The van der Waals surface area contributed by atoms with Crippen LogP contribution in [-0.2, 0) is 4.79 Å². The van der Waals surface area contributed by atoms with Gasteiger partial charge in [-0.2, -0.15) is 0 Å². The molecule has 0 N–H and O–H groups in total. The van der Waals surface area contributed by atoms with E-state index in [4.69, 9.17) is 4.42 Å². The maximum atomic E-state index is 12.0. The van der Waals surface area contributed by atoms with E-state index in [1.165, 1.54) is 4.90 Å². The van der Waals surface area contributed by atoms with Gasteiger partial charge < -0.3 is 9.32 Å². The normalized spacial score (nSPS) is 20.1. The molecular formula is C11H9BrN2O4S. The largest absolute Gasteiger partial charge is 0.444 e. The average molecular weight is 345 g/mol. The summed E-state index contributed by atoms with van der Waals surface area (Å²) >= 11 is 4.14. The molecule has 0 aliphatic carbocycles. The average Bonchev–Trinajstić information content (AvgIpc) is 2.87. The zero-order valence-electron chi connectivity index (χ0n) is 9.67. The van der Waals surface area contributed by atoms with Gasteiger partial charge in [0, 0.05) is 13.1 Å². The molecule has 3 amide bonds. The van der Waals surface area contributed by atoms with Gasteiger partial charge in [0.15, 0.2) is 10.4 Å². The van der Waals surface area contributed by atoms with Gasteiger partial charge in [0.1, 0.15) is 0 Å². The van der Waals surface area contributed by atoms with Gasteiger partial charge >= 0.3 is 0 Å². The number of rotatable bonds is 2. The van der Waals surface area contributed by atoms with Crippen LogP contribution in [0.1, 0.15) is 10.6 Å². The molecule has 0 saturated carbocycles. The molecule has 0 atom stereocenters. The molecule has 0 unspecified atom stereocenters. The Morgan fingerprint density at radius 3 is 2.63 bits per heavy atom. The first-order valence-electron chi connectivity index (χ1n) is 5.59. The van der Waals surface area contributed by atoms with Crippen molar-refractivity contribution in [2.24, 2.45) is 0 Å². The summed E-state index contributed by atoms with van der Waals surface area (Å²) in [5.74, 6) is 0.0503. The van der Waals surface area contributed by atoms with Crippen LogP contribution >= 0.6 is 27.7 Å². The van der Waals surface area contributed by atoms with Gasteiger partial charge in [0.05, 0.1) is 11.8 Å². The molecule has 3 heterocycles. The minimum absolute atomic E-state index is 0.173. The molecule has 0 radical (unpaired) electrons. The standard InChI is InChI=1S/C11H9BrN2O4S/c12-8-2-1-7(18-8)10(16)13-3-6(4-13)14-9(15)5-19-11(14)17/h1-2,6H,3-5H2. The summed E-state index contributed by atoms with van der Waals surface area (Å²) in [6.45, 7) is 0.740. The van der Waals surface area contributed by atoms with Crippen LogP contribution in [0.4, 0.5) is 4.79 Å². The first-order valence-corrected chi connectivity index (χ1v) is 7.37. The van der Waals surface area contributed by atoms with E-state index in [9.17, 15) is 14.4 Å². The third-order valence-electron chi connectivity index (χ3n) is 3.08. The highest BCUT2D eigenvalue weighted by molar-refractivity contribution is 9.10. The van der Waals surface area contributed by atoms with E-state index in [-0.39, 0.29) is 34.6 Å². The number of carbonyl (C=O) groups excluding carboxylic acids is 3. The van der Waals surface area contributed by atoms with E-state index in [1.807, 2.05) is 0 Å². The van der Waals surface area contributed by atoms with Crippen LogP contribution in [0, 0.1) is 0 Å². The van der Waals surface area contributed by atoms with E-state index in [0.717, 1.165) is 11.8 Å². The minimum Gasteiger partial charge on any atom is -0.444 e. The summed E-state index contributed by atoms with van der Waals surface area (Å²) in [5, 5.41) is -0.220. The van der Waals surface area contributed by atoms with Crippen LogP contribution in [0.2, 0.25) is 0 Å². The fraction of sp³-hybridized carbons (Fsp3) is 0.364. The fourth-order valence-corrected chi connectivity index (χ4v) is 3.17. The fourth-order valence-electron chi connectivity index (χ4n) is 2.09. The third kappa shape index (κ3) is 2.18. The van der Waals surface area contributed by atoms with Crippen LogP contribution in [0.25, 0.3) is 0 Å². The summed E-state index contributed by atoms with van der Waals surface area (Å²) in [7, 11) is 0. The van der Waals surface area contributed by atoms with Crippen LogP contribution in [0.15, 0.2) is 21.2 Å². The Balaban J connectivity index is 1.62. The topological polar surface area (TPSA) is 70.8 Å². The smallest absolute Gasteiger partial charge is 0.289 e. The Labute approximate surface area is 121 Å². The van der Waals surface area contributed by atoms with Crippen molar-refractivity contribution in [1.82, 2.24) is 9.80 Å². The highest BCUT2D eigenvalue weighted by Gasteiger charge is 2.43. The highest BCUT2D eigenvalue weighted by Crippen LogP contribution is 2.27. The van der Waals surface area contributed by atoms with E-state index in [2.05, 4.69) is 15.9 Å². The quantitative estimate of drug-likeness (QED) is 0.814. The number of amides is 3. The molecule has 0 bridgehead atoms. The van der Waals surface area contributed by atoms with E-state index >= 15 is 0 Å². The predicted octanol–water partition coefficient (Wildman–Crippen LogP) is 1.56. The van der Waals surface area contributed by atoms with Gasteiger partial charge in [0.2, 0.25) is 5.91 Å². The second-order valence-corrected chi connectivity index (χ2v) is 5.99. The number of thioether (sulfide) groups is 1. The number of imide groups is 1. The lowest BCUT2D eigenvalue weighted by Crippen LogP contribution is -2.62. The van der Waals surface area contributed by atoms with Crippen LogP contribution < -0.4 is 0 Å². The monoisotopic (exact) mass is 344 g/mol. The highest BCUT2D eigenvalue weighted by atomic mass is 79.9. The Hall–Kier alpha value is -1.28. The van der Waals surface area contributed by atoms with Crippen molar-refractivity contribution < 1.29 is 18.8 Å². The van der Waals surface area contributed by atoms with Gasteiger partial charge in [0.25, 0.3) is 11.1 Å². The van der Waals surface area contributed by atoms with Crippen molar-refractivity contribution >= 4 is 44.7 Å². The van der Waals surface area contributed by atoms with E-state index in [1.54, 1.807) is 17.0 Å². The summed E-state index contributed by atoms with van der Waals surface area (Å²) < 4.78 is 5.67. The van der Waals surface area contributed by atoms with Gasteiger partial charge in [-0.3, -0.25) is 19.3 Å². The summed E-state index contributed by atoms with van der Waals surface area (Å²) in [6, 6.07) is 3.04. The molecule has 19 heavy (non-hydrogen) atoms. The molecular weight excluding hydrogens is 336 g/mol. The lowest BCUT2D eigenvalue weighted by Gasteiger charge is -2.42. The van der Waals surface area contributed by atoms with Crippen molar-refractivity contribution in [1.29, 1.82) is 0 Å².